The Morgan fingerprint density at radius 1 is 0.870 bits per heavy atom. The molecule has 120 valence electrons. The van der Waals surface area contributed by atoms with E-state index in [1.165, 1.54) is 29.1 Å². The van der Waals surface area contributed by atoms with Crippen molar-refractivity contribution in [1.29, 1.82) is 0 Å². The fraction of sp³-hybridized carbons (Fsp3) is 0.125. The minimum absolute atomic E-state index is 0.475. The number of aryl methyl sites for hydroxylation is 1. The number of hydrogen-bond acceptors (Lipinski definition) is 4. The summed E-state index contributed by atoms with van der Waals surface area (Å²) in [5.41, 5.74) is 14.6. The molecule has 0 radical (unpaired) electrons. The normalized spacial score (nSPS) is 12.4. The van der Waals surface area contributed by atoms with Crippen LogP contribution in [0.2, 0.25) is 5.02 Å². The number of thioether (sulfide) groups is 2. The molecule has 0 amide bonds. The Bertz CT molecular complexity index is 636. The van der Waals surface area contributed by atoms with Crippen molar-refractivity contribution in [2.45, 2.75) is 6.92 Å². The van der Waals surface area contributed by atoms with Crippen molar-refractivity contribution in [3.8, 4) is 0 Å². The Morgan fingerprint density at radius 2 is 1.30 bits per heavy atom. The molecule has 0 unspecified atom stereocenters. The van der Waals surface area contributed by atoms with Gasteiger partial charge in [-0.25, -0.2) is 9.98 Å². The first-order valence-electron chi connectivity index (χ1n) is 6.79. The van der Waals surface area contributed by atoms with Crippen molar-refractivity contribution >= 4 is 56.8 Å². The summed E-state index contributed by atoms with van der Waals surface area (Å²) >= 11 is 8.67. The quantitative estimate of drug-likeness (QED) is 0.469. The van der Waals surface area contributed by atoms with Crippen LogP contribution in [0.3, 0.4) is 0 Å². The lowest BCUT2D eigenvalue weighted by molar-refractivity contribution is 1.43. The predicted octanol–water partition coefficient (Wildman–Crippen LogP) is 4.66. The van der Waals surface area contributed by atoms with Gasteiger partial charge >= 0.3 is 0 Å². The zero-order chi connectivity index (χ0) is 16.7. The van der Waals surface area contributed by atoms with E-state index < -0.39 is 0 Å². The van der Waals surface area contributed by atoms with Crippen molar-refractivity contribution < 1.29 is 0 Å². The highest BCUT2D eigenvalue weighted by Crippen LogP contribution is 2.20. The largest absolute Gasteiger partial charge is 0.378 e. The first-order valence-corrected chi connectivity index (χ1v) is 9.14. The number of halogens is 1. The van der Waals surface area contributed by atoms with Gasteiger partial charge in [-0.05, 0) is 43.3 Å². The zero-order valence-electron chi connectivity index (χ0n) is 12.6. The molecule has 23 heavy (non-hydrogen) atoms. The van der Waals surface area contributed by atoms with Crippen LogP contribution in [0.4, 0.5) is 11.4 Å². The second-order valence-corrected chi connectivity index (χ2v) is 7.41. The minimum atomic E-state index is 0.475. The number of rotatable bonds is 4. The van der Waals surface area contributed by atoms with Gasteiger partial charge in [0.2, 0.25) is 0 Å². The van der Waals surface area contributed by atoms with Gasteiger partial charge in [-0.3, -0.25) is 0 Å². The molecule has 0 bridgehead atoms. The number of nitrogens with two attached hydrogens (primary N) is 2. The molecule has 4 N–H and O–H groups in total. The zero-order valence-corrected chi connectivity index (χ0v) is 15.0. The molecule has 2 aromatic carbocycles. The fourth-order valence-corrected chi connectivity index (χ4v) is 3.27. The van der Waals surface area contributed by atoms with Crippen LogP contribution < -0.4 is 11.5 Å². The Morgan fingerprint density at radius 3 is 1.78 bits per heavy atom. The number of nitrogens with zero attached hydrogens (tertiary/aromatic N) is 2. The van der Waals surface area contributed by atoms with Crippen molar-refractivity contribution in [2.75, 3.05) is 5.08 Å². The van der Waals surface area contributed by atoms with Gasteiger partial charge in [0.05, 0.1) is 16.5 Å². The average molecular weight is 365 g/mol. The molecule has 0 spiro atoms. The van der Waals surface area contributed by atoms with Crippen LogP contribution >= 0.6 is 35.1 Å². The van der Waals surface area contributed by atoms with Crippen LogP contribution in [0.15, 0.2) is 58.5 Å². The molecule has 7 heteroatoms. The van der Waals surface area contributed by atoms with E-state index in [1.807, 2.05) is 43.3 Å². The summed E-state index contributed by atoms with van der Waals surface area (Å²) in [5, 5.41) is 2.29. The smallest absolute Gasteiger partial charge is 0.159 e. The standard InChI is InChI=1S/C16H17ClN4S2/c1-11-2-6-13(7-3-11)20-15(18)22-10-23-16(19)21-14-8-4-12(17)5-9-14/h2-9H,10H2,1H3,(H2,18,20)(H2,19,21). The first kappa shape index (κ1) is 17.7. The maximum absolute atomic E-state index is 5.90. The molecule has 0 heterocycles. The second kappa shape index (κ2) is 8.86. The van der Waals surface area contributed by atoms with E-state index in [0.717, 1.165) is 11.4 Å². The molecule has 0 atom stereocenters. The van der Waals surface area contributed by atoms with Gasteiger partial charge in [-0.15, -0.1) is 0 Å². The van der Waals surface area contributed by atoms with Crippen LogP contribution in [0, 0.1) is 6.92 Å². The van der Waals surface area contributed by atoms with Crippen LogP contribution in [0.25, 0.3) is 0 Å². The summed E-state index contributed by atoms with van der Waals surface area (Å²) in [5.74, 6) is 0. The Hall–Kier alpha value is -1.63. The van der Waals surface area contributed by atoms with Gasteiger partial charge < -0.3 is 11.5 Å². The lowest BCUT2D eigenvalue weighted by atomic mass is 10.2. The topological polar surface area (TPSA) is 76.8 Å². The summed E-state index contributed by atoms with van der Waals surface area (Å²) in [4.78, 5) is 8.63. The Labute approximate surface area is 149 Å². The molecule has 0 aliphatic rings. The van der Waals surface area contributed by atoms with Gasteiger partial charge in [-0.1, -0.05) is 52.8 Å². The summed E-state index contributed by atoms with van der Waals surface area (Å²) in [6.45, 7) is 2.03. The van der Waals surface area contributed by atoms with Gasteiger partial charge in [0, 0.05) is 5.02 Å². The Kier molecular flexibility index (Phi) is 6.83. The second-order valence-electron chi connectivity index (χ2n) is 4.62. The highest BCUT2D eigenvalue weighted by atomic mass is 35.5. The highest BCUT2D eigenvalue weighted by molar-refractivity contribution is 8.29. The van der Waals surface area contributed by atoms with E-state index in [1.54, 1.807) is 12.1 Å². The first-order chi connectivity index (χ1) is 11.0. The number of amidine groups is 2. The SMILES string of the molecule is Cc1ccc(N=C(N)SCSC(N)=Nc2ccc(Cl)cc2)cc1. The molecular weight excluding hydrogens is 348 g/mol. The van der Waals surface area contributed by atoms with Crippen molar-refractivity contribution in [3.05, 3.63) is 59.1 Å². The molecule has 0 aromatic heterocycles. The molecule has 0 fully saturated rings. The van der Waals surface area contributed by atoms with E-state index in [2.05, 4.69) is 9.98 Å². The van der Waals surface area contributed by atoms with E-state index in [4.69, 9.17) is 23.1 Å². The summed E-state index contributed by atoms with van der Waals surface area (Å²) in [6, 6.07) is 15.1. The minimum Gasteiger partial charge on any atom is -0.378 e. The monoisotopic (exact) mass is 364 g/mol. The third-order valence-corrected chi connectivity index (χ3v) is 4.72. The average Bonchev–Trinajstić information content (AvgIpc) is 2.52. The third kappa shape index (κ3) is 6.56. The molecule has 0 saturated carbocycles. The molecule has 0 aliphatic carbocycles. The van der Waals surface area contributed by atoms with E-state index in [0.29, 0.717) is 20.4 Å². The molecule has 2 rings (SSSR count). The molecular formula is C16H17ClN4S2. The van der Waals surface area contributed by atoms with E-state index in [9.17, 15) is 0 Å². The summed E-state index contributed by atoms with van der Waals surface area (Å²) in [7, 11) is 0. The number of benzene rings is 2. The summed E-state index contributed by atoms with van der Waals surface area (Å²) in [6.07, 6.45) is 0. The lowest BCUT2D eigenvalue weighted by Gasteiger charge is -2.02. The summed E-state index contributed by atoms with van der Waals surface area (Å²) < 4.78 is 0. The van der Waals surface area contributed by atoms with Crippen LogP contribution in [-0.4, -0.2) is 15.4 Å². The van der Waals surface area contributed by atoms with E-state index in [-0.39, 0.29) is 0 Å². The predicted molar refractivity (Wildman–Crippen MR) is 105 cm³/mol. The van der Waals surface area contributed by atoms with Gasteiger partial charge in [0.15, 0.2) is 10.3 Å². The van der Waals surface area contributed by atoms with Gasteiger partial charge in [0.1, 0.15) is 0 Å². The number of aliphatic imine (C=N–C) groups is 2. The van der Waals surface area contributed by atoms with Gasteiger partial charge in [-0.2, -0.15) is 0 Å². The highest BCUT2D eigenvalue weighted by Gasteiger charge is 2.00. The van der Waals surface area contributed by atoms with Crippen molar-refractivity contribution in [1.82, 2.24) is 0 Å². The molecule has 0 aliphatic heterocycles. The lowest BCUT2D eigenvalue weighted by Crippen LogP contribution is -2.09. The molecule has 0 saturated heterocycles. The van der Waals surface area contributed by atoms with Crippen molar-refractivity contribution in [3.63, 3.8) is 0 Å². The maximum Gasteiger partial charge on any atom is 0.159 e. The third-order valence-electron chi connectivity index (χ3n) is 2.75. The Balaban J connectivity index is 1.83. The van der Waals surface area contributed by atoms with Crippen LogP contribution in [-0.2, 0) is 0 Å². The molecule has 2 aromatic rings. The molecule has 4 nitrogen and oxygen atoms in total. The van der Waals surface area contributed by atoms with Gasteiger partial charge in [0.25, 0.3) is 0 Å². The number of hydrogen-bond donors (Lipinski definition) is 2. The van der Waals surface area contributed by atoms with Crippen LogP contribution in [0.1, 0.15) is 5.56 Å². The fourth-order valence-electron chi connectivity index (χ4n) is 1.60. The maximum atomic E-state index is 5.90. The van der Waals surface area contributed by atoms with Crippen LogP contribution in [0.5, 0.6) is 0 Å². The van der Waals surface area contributed by atoms with E-state index >= 15 is 0 Å². The van der Waals surface area contributed by atoms with Crippen molar-refractivity contribution in [2.24, 2.45) is 21.5 Å².